The zero-order valence-corrected chi connectivity index (χ0v) is 9.92. The van der Waals surface area contributed by atoms with Crippen molar-refractivity contribution in [3.8, 4) is 6.07 Å². The van der Waals surface area contributed by atoms with Crippen LogP contribution in [-0.4, -0.2) is 37.0 Å². The van der Waals surface area contributed by atoms with Crippen molar-refractivity contribution in [3.63, 3.8) is 0 Å². The first-order valence-corrected chi connectivity index (χ1v) is 5.45. The summed E-state index contributed by atoms with van der Waals surface area (Å²) in [5, 5.41) is 11.4. The lowest BCUT2D eigenvalue weighted by molar-refractivity contribution is -0.122. The average Bonchev–Trinajstić information content (AvgIpc) is 2.18. The van der Waals surface area contributed by atoms with Gasteiger partial charge in [-0.25, -0.2) is 0 Å². The van der Waals surface area contributed by atoms with Crippen LogP contribution in [0.3, 0.4) is 0 Å². The van der Waals surface area contributed by atoms with Crippen molar-refractivity contribution in [3.05, 3.63) is 0 Å². The van der Waals surface area contributed by atoms with Crippen molar-refractivity contribution in [2.45, 2.75) is 39.2 Å². The molecule has 0 spiro atoms. The summed E-state index contributed by atoms with van der Waals surface area (Å²) < 4.78 is 0. The number of nitrogens with one attached hydrogen (secondary N) is 1. The number of rotatable bonds is 7. The Balaban J connectivity index is 3.71. The normalized spacial score (nSPS) is 12.2. The molecule has 0 aliphatic carbocycles. The van der Waals surface area contributed by atoms with Gasteiger partial charge in [-0.15, -0.1) is 0 Å². The fraction of sp³-hybridized carbons (Fsp3) is 0.818. The highest BCUT2D eigenvalue weighted by Crippen LogP contribution is 1.98. The minimum Gasteiger partial charge on any atom is -0.355 e. The van der Waals surface area contributed by atoms with Crippen LogP contribution in [0.2, 0.25) is 0 Å². The average molecular weight is 211 g/mol. The second-order valence-electron chi connectivity index (χ2n) is 3.83. The number of carbonyl (C=O) groups is 1. The molecule has 0 aromatic rings. The van der Waals surface area contributed by atoms with Gasteiger partial charge in [0.05, 0.1) is 19.0 Å². The molecule has 86 valence electrons. The van der Waals surface area contributed by atoms with Crippen molar-refractivity contribution in [1.29, 1.82) is 5.26 Å². The Morgan fingerprint density at radius 3 is 2.80 bits per heavy atom. The van der Waals surface area contributed by atoms with Gasteiger partial charge in [0.25, 0.3) is 0 Å². The Labute approximate surface area is 92.3 Å². The first-order chi connectivity index (χ1) is 7.11. The standard InChI is InChI=1S/C11H21N3O/c1-4-5-8-13-11(15)9-14(3)10(2)6-7-12/h10H,4-6,8-9H2,1-3H3,(H,13,15). The molecule has 0 saturated heterocycles. The Morgan fingerprint density at radius 2 is 2.27 bits per heavy atom. The van der Waals surface area contributed by atoms with Crippen LogP contribution in [0.25, 0.3) is 0 Å². The third-order valence-corrected chi connectivity index (χ3v) is 2.38. The predicted octanol–water partition coefficient (Wildman–Crippen LogP) is 1.14. The molecule has 0 aromatic carbocycles. The van der Waals surface area contributed by atoms with Crippen molar-refractivity contribution < 1.29 is 4.79 Å². The smallest absolute Gasteiger partial charge is 0.234 e. The molecule has 0 bridgehead atoms. The van der Waals surface area contributed by atoms with Gasteiger partial charge in [0, 0.05) is 12.6 Å². The van der Waals surface area contributed by atoms with Crippen molar-refractivity contribution in [2.24, 2.45) is 0 Å². The molecule has 0 fully saturated rings. The van der Waals surface area contributed by atoms with E-state index in [1.165, 1.54) is 0 Å². The van der Waals surface area contributed by atoms with E-state index in [-0.39, 0.29) is 11.9 Å². The summed E-state index contributed by atoms with van der Waals surface area (Å²) in [5.74, 6) is 0.0377. The molecule has 4 heteroatoms. The number of hydrogen-bond acceptors (Lipinski definition) is 3. The van der Waals surface area contributed by atoms with E-state index in [1.54, 1.807) is 0 Å². The van der Waals surface area contributed by atoms with Gasteiger partial charge in [-0.3, -0.25) is 9.69 Å². The molecule has 4 nitrogen and oxygen atoms in total. The van der Waals surface area contributed by atoms with Gasteiger partial charge >= 0.3 is 0 Å². The highest BCUT2D eigenvalue weighted by atomic mass is 16.2. The predicted molar refractivity (Wildman–Crippen MR) is 60.2 cm³/mol. The van der Waals surface area contributed by atoms with Gasteiger partial charge < -0.3 is 5.32 Å². The fourth-order valence-electron chi connectivity index (χ4n) is 1.13. The second-order valence-corrected chi connectivity index (χ2v) is 3.83. The summed E-state index contributed by atoms with van der Waals surface area (Å²) >= 11 is 0. The first kappa shape index (κ1) is 13.9. The lowest BCUT2D eigenvalue weighted by Crippen LogP contribution is -2.39. The van der Waals surface area contributed by atoms with Crippen molar-refractivity contribution in [1.82, 2.24) is 10.2 Å². The van der Waals surface area contributed by atoms with Gasteiger partial charge in [0.2, 0.25) is 5.91 Å². The lowest BCUT2D eigenvalue weighted by Gasteiger charge is -2.21. The number of hydrogen-bond donors (Lipinski definition) is 1. The molecule has 1 N–H and O–H groups in total. The molecular weight excluding hydrogens is 190 g/mol. The molecule has 0 aliphatic rings. The SMILES string of the molecule is CCCCNC(=O)CN(C)C(C)CC#N. The maximum atomic E-state index is 11.4. The van der Waals surface area contributed by atoms with Crippen LogP contribution >= 0.6 is 0 Å². The van der Waals surface area contributed by atoms with Gasteiger partial charge in [-0.1, -0.05) is 13.3 Å². The molecule has 0 aliphatic heterocycles. The zero-order valence-electron chi connectivity index (χ0n) is 9.92. The van der Waals surface area contributed by atoms with Crippen LogP contribution in [0, 0.1) is 11.3 Å². The van der Waals surface area contributed by atoms with Gasteiger partial charge in [-0.05, 0) is 20.4 Å². The second kappa shape index (κ2) is 8.25. The minimum atomic E-state index is 0.0377. The highest BCUT2D eigenvalue weighted by Gasteiger charge is 2.11. The van der Waals surface area contributed by atoms with E-state index in [9.17, 15) is 4.79 Å². The van der Waals surface area contributed by atoms with Crippen LogP contribution in [0.4, 0.5) is 0 Å². The van der Waals surface area contributed by atoms with Crippen LogP contribution in [0.1, 0.15) is 33.1 Å². The molecule has 1 atom stereocenters. The fourth-order valence-corrected chi connectivity index (χ4v) is 1.13. The summed E-state index contributed by atoms with van der Waals surface area (Å²) in [6.07, 6.45) is 2.56. The van der Waals surface area contributed by atoms with E-state index < -0.39 is 0 Å². The Bertz CT molecular complexity index is 222. The van der Waals surface area contributed by atoms with Crippen LogP contribution in [-0.2, 0) is 4.79 Å². The molecule has 0 saturated carbocycles. The van der Waals surface area contributed by atoms with E-state index in [4.69, 9.17) is 5.26 Å². The molecule has 0 aromatic heterocycles. The Hall–Kier alpha value is -1.08. The maximum Gasteiger partial charge on any atom is 0.234 e. The number of amides is 1. The third kappa shape index (κ3) is 6.92. The molecular formula is C11H21N3O. The number of nitrogens with zero attached hydrogens (tertiary/aromatic N) is 2. The number of likely N-dealkylation sites (N-methyl/N-ethyl adjacent to an activating group) is 1. The van der Waals surface area contributed by atoms with Gasteiger partial charge in [0.15, 0.2) is 0 Å². The van der Waals surface area contributed by atoms with Crippen molar-refractivity contribution in [2.75, 3.05) is 20.1 Å². The molecule has 0 heterocycles. The summed E-state index contributed by atoms with van der Waals surface area (Å²) in [7, 11) is 1.86. The Morgan fingerprint density at radius 1 is 1.60 bits per heavy atom. The summed E-state index contributed by atoms with van der Waals surface area (Å²) in [5.41, 5.74) is 0. The van der Waals surface area contributed by atoms with Crippen LogP contribution < -0.4 is 5.32 Å². The zero-order chi connectivity index (χ0) is 11.7. The van der Waals surface area contributed by atoms with Crippen molar-refractivity contribution >= 4 is 5.91 Å². The monoisotopic (exact) mass is 211 g/mol. The lowest BCUT2D eigenvalue weighted by atomic mass is 10.2. The number of carbonyl (C=O) groups excluding carboxylic acids is 1. The summed E-state index contributed by atoms with van der Waals surface area (Å²) in [6, 6.07) is 2.23. The third-order valence-electron chi connectivity index (χ3n) is 2.38. The van der Waals surface area contributed by atoms with Crippen LogP contribution in [0.15, 0.2) is 0 Å². The molecule has 15 heavy (non-hydrogen) atoms. The summed E-state index contributed by atoms with van der Waals surface area (Å²) in [6.45, 7) is 5.15. The molecule has 1 amide bonds. The van der Waals surface area contributed by atoms with Gasteiger partial charge in [-0.2, -0.15) is 5.26 Å². The first-order valence-electron chi connectivity index (χ1n) is 5.45. The molecule has 1 unspecified atom stereocenters. The topological polar surface area (TPSA) is 56.1 Å². The summed E-state index contributed by atoms with van der Waals surface area (Å²) in [4.78, 5) is 13.3. The quantitative estimate of drug-likeness (QED) is 0.642. The van der Waals surface area contributed by atoms with E-state index in [1.807, 2.05) is 18.9 Å². The highest BCUT2D eigenvalue weighted by molar-refractivity contribution is 5.77. The largest absolute Gasteiger partial charge is 0.355 e. The number of unbranched alkanes of at least 4 members (excludes halogenated alkanes) is 1. The maximum absolute atomic E-state index is 11.4. The van der Waals surface area contributed by atoms with Gasteiger partial charge in [0.1, 0.15) is 0 Å². The van der Waals surface area contributed by atoms with E-state index in [0.29, 0.717) is 13.0 Å². The van der Waals surface area contributed by atoms with E-state index in [2.05, 4.69) is 18.3 Å². The number of nitriles is 1. The van der Waals surface area contributed by atoms with E-state index in [0.717, 1.165) is 19.4 Å². The Kier molecular flexibility index (Phi) is 7.65. The molecule has 0 radical (unpaired) electrons. The van der Waals surface area contributed by atoms with E-state index >= 15 is 0 Å². The minimum absolute atomic E-state index is 0.0377. The van der Waals surface area contributed by atoms with Crippen LogP contribution in [0.5, 0.6) is 0 Å². The molecule has 0 rings (SSSR count).